The van der Waals surface area contributed by atoms with Gasteiger partial charge in [0, 0.05) is 164 Å². The number of carbonyl (C=O) groups is 1. The van der Waals surface area contributed by atoms with Crippen molar-refractivity contribution in [1.82, 2.24) is 45.0 Å². The maximum absolute atomic E-state index is 11.1. The van der Waals surface area contributed by atoms with Crippen molar-refractivity contribution in [3.8, 4) is 12.1 Å². The lowest BCUT2D eigenvalue weighted by atomic mass is 9.93. The summed E-state index contributed by atoms with van der Waals surface area (Å²) >= 11 is 5.95. The van der Waals surface area contributed by atoms with Crippen LogP contribution in [0.15, 0.2) is 85.5 Å². The van der Waals surface area contributed by atoms with Crippen molar-refractivity contribution in [2.24, 2.45) is 5.73 Å². The van der Waals surface area contributed by atoms with Crippen LogP contribution in [0.4, 0.5) is 33.8 Å². The van der Waals surface area contributed by atoms with Crippen molar-refractivity contribution in [2.75, 3.05) is 129 Å². The molecule has 1 amide bonds. The molecule has 21 nitrogen and oxygen atoms in total. The van der Waals surface area contributed by atoms with E-state index in [0.717, 1.165) is 168 Å². The number of carbonyl (C=O) groups excluding carboxylic acids is 1. The fourth-order valence-corrected chi connectivity index (χ4v) is 11.6. The van der Waals surface area contributed by atoms with Crippen LogP contribution in [-0.4, -0.2) is 193 Å². The lowest BCUT2D eigenvalue weighted by Gasteiger charge is -2.42. The van der Waals surface area contributed by atoms with Crippen LogP contribution in [0, 0.1) is 22.7 Å². The summed E-state index contributed by atoms with van der Waals surface area (Å²) in [4.78, 5) is 54.1. The van der Waals surface area contributed by atoms with E-state index >= 15 is 0 Å². The molecule has 0 radical (unpaired) electrons. The number of halogens is 1. The fraction of sp³-hybridized carbons (Fsp3) is 0.532. The van der Waals surface area contributed by atoms with E-state index in [1.54, 1.807) is 18.6 Å². The number of ether oxygens (including phenoxy) is 3. The Bertz CT molecular complexity index is 3220. The molecule has 6 aromatic rings. The molecule has 4 aromatic heterocycles. The quantitative estimate of drug-likeness (QED) is 0.125. The number of nitrogens with zero attached hydrogens (tertiary/aromatic N) is 15. The highest BCUT2D eigenvalue weighted by Crippen LogP contribution is 2.33. The molecule has 1 aliphatic carbocycles. The van der Waals surface area contributed by atoms with Crippen molar-refractivity contribution < 1.29 is 19.0 Å². The van der Waals surface area contributed by atoms with Crippen molar-refractivity contribution in [3.05, 3.63) is 102 Å². The minimum absolute atomic E-state index is 0. The highest BCUT2D eigenvalue weighted by molar-refractivity contribution is 6.28. The molecule has 1 saturated carbocycles. The predicted octanol–water partition coefficient (Wildman–Crippen LogP) is 7.76. The molecular formula is C62H84ClN17O4. The summed E-state index contributed by atoms with van der Waals surface area (Å²) < 4.78 is 17.8. The second kappa shape index (κ2) is 28.6. The highest BCUT2D eigenvalue weighted by atomic mass is 35.5. The number of nitriles is 2. The van der Waals surface area contributed by atoms with Gasteiger partial charge in [-0.05, 0) is 126 Å². The summed E-state index contributed by atoms with van der Waals surface area (Å²) in [6, 6.07) is 24.9. The molecule has 2 aromatic carbocycles. The van der Waals surface area contributed by atoms with Gasteiger partial charge in [0.1, 0.15) is 29.4 Å². The van der Waals surface area contributed by atoms with Gasteiger partial charge in [0.2, 0.25) is 11.2 Å². The largest absolute Gasteiger partial charge is 0.444 e. The van der Waals surface area contributed by atoms with Gasteiger partial charge in [-0.25, -0.2) is 19.7 Å². The van der Waals surface area contributed by atoms with E-state index < -0.39 is 0 Å². The number of hydrogen-bond acceptors (Lipinski definition) is 20. The second-order valence-electron chi connectivity index (χ2n) is 23.1. The van der Waals surface area contributed by atoms with Gasteiger partial charge in [-0.15, -0.1) is 0 Å². The first kappa shape index (κ1) is 62.8. The SMILES string of the molecule is C.C.CC(C)(C)OC(=O)NC1CCC1.C[C@@H]1CN(c2ccc(C#N)c3ncccc23)C[C@H](CN2CCN(c3ccnc(Cl)n3)CC2)O1.C[C@@H]1CN(c2ccc(C#N)c3ncccc23)C[C@H](CN2CCN(c3ccnc(N4CC(N)C4)n3)CC2)O1. The predicted molar refractivity (Wildman–Crippen MR) is 333 cm³/mol. The number of pyridine rings is 2. The van der Waals surface area contributed by atoms with E-state index in [4.69, 9.17) is 36.5 Å². The Morgan fingerprint density at radius 2 is 1.13 bits per heavy atom. The molecule has 5 saturated heterocycles. The summed E-state index contributed by atoms with van der Waals surface area (Å²) in [5.41, 5.74) is 10.5. The zero-order valence-corrected chi connectivity index (χ0v) is 48.5. The molecular weight excluding hydrogens is 1080 g/mol. The van der Waals surface area contributed by atoms with Crippen LogP contribution in [0.2, 0.25) is 5.28 Å². The van der Waals surface area contributed by atoms with Crippen molar-refractivity contribution in [3.63, 3.8) is 0 Å². The monoisotopic (exact) mass is 1170 g/mol. The number of benzene rings is 2. The number of fused-ring (bicyclic) bond motifs is 2. The minimum Gasteiger partial charge on any atom is -0.444 e. The van der Waals surface area contributed by atoms with Crippen LogP contribution in [0.5, 0.6) is 0 Å². The van der Waals surface area contributed by atoms with Crippen LogP contribution in [0.1, 0.15) is 79.9 Å². The average Bonchev–Trinajstić information content (AvgIpc) is 1.75. The number of hydrogen-bond donors (Lipinski definition) is 2. The number of anilines is 5. The summed E-state index contributed by atoms with van der Waals surface area (Å²) in [5, 5.41) is 24.1. The number of aromatic nitrogens is 6. The molecule has 6 fully saturated rings. The Balaban J connectivity index is 0.000000181. The molecule has 12 rings (SSSR count). The summed E-state index contributed by atoms with van der Waals surface area (Å²) in [6.45, 7) is 24.0. The topological polar surface area (TPSA) is 230 Å². The summed E-state index contributed by atoms with van der Waals surface area (Å²) in [7, 11) is 0. The van der Waals surface area contributed by atoms with Gasteiger partial charge in [0.05, 0.1) is 46.6 Å². The third-order valence-corrected chi connectivity index (χ3v) is 15.8. The van der Waals surface area contributed by atoms with Crippen LogP contribution in [-0.2, 0) is 14.2 Å². The van der Waals surface area contributed by atoms with Gasteiger partial charge in [0.15, 0.2) is 0 Å². The number of piperazine rings is 2. The Morgan fingerprint density at radius 3 is 1.57 bits per heavy atom. The zero-order chi connectivity index (χ0) is 57.3. The number of nitrogens with two attached hydrogens (primary N) is 1. The minimum atomic E-state index is -0.381. The molecule has 9 heterocycles. The van der Waals surface area contributed by atoms with E-state index in [1.165, 1.54) is 6.42 Å². The third-order valence-electron chi connectivity index (χ3n) is 15.6. The van der Waals surface area contributed by atoms with E-state index in [0.29, 0.717) is 17.2 Å². The Morgan fingerprint density at radius 1 is 0.643 bits per heavy atom. The van der Waals surface area contributed by atoms with Gasteiger partial charge in [-0.2, -0.15) is 15.5 Å². The first-order chi connectivity index (χ1) is 39.6. The van der Waals surface area contributed by atoms with E-state index in [2.05, 4.69) is 103 Å². The molecule has 84 heavy (non-hydrogen) atoms. The van der Waals surface area contributed by atoms with E-state index in [1.807, 2.05) is 75.5 Å². The molecule has 4 atom stereocenters. The molecule has 0 unspecified atom stereocenters. The number of nitrogens with one attached hydrogen (secondary N) is 1. The van der Waals surface area contributed by atoms with Gasteiger partial charge in [0.25, 0.3) is 0 Å². The van der Waals surface area contributed by atoms with Crippen molar-refractivity contribution >= 4 is 68.5 Å². The normalized spacial score (nSPS) is 21.4. The molecule has 0 bridgehead atoms. The molecule has 5 aliphatic heterocycles. The summed E-state index contributed by atoms with van der Waals surface area (Å²) in [6.07, 6.45) is 10.6. The Hall–Kier alpha value is -7.24. The fourth-order valence-electron chi connectivity index (χ4n) is 11.5. The number of amides is 1. The lowest BCUT2D eigenvalue weighted by Crippen LogP contribution is -2.56. The van der Waals surface area contributed by atoms with Crippen molar-refractivity contribution in [2.45, 2.75) is 111 Å². The maximum atomic E-state index is 11.1. The first-order valence-corrected chi connectivity index (χ1v) is 29.2. The van der Waals surface area contributed by atoms with Gasteiger partial charge >= 0.3 is 6.09 Å². The van der Waals surface area contributed by atoms with Crippen LogP contribution in [0.3, 0.4) is 0 Å². The molecule has 448 valence electrons. The Kier molecular flexibility index (Phi) is 21.4. The van der Waals surface area contributed by atoms with E-state index in [9.17, 15) is 15.3 Å². The Labute approximate surface area is 500 Å². The number of alkyl carbamates (subject to hydrolysis) is 1. The zero-order valence-electron chi connectivity index (χ0n) is 47.8. The second-order valence-corrected chi connectivity index (χ2v) is 23.5. The van der Waals surface area contributed by atoms with Crippen molar-refractivity contribution in [1.29, 1.82) is 10.5 Å². The number of rotatable bonds is 10. The average molecular weight is 1170 g/mol. The summed E-state index contributed by atoms with van der Waals surface area (Å²) in [5.74, 6) is 2.64. The highest BCUT2D eigenvalue weighted by Gasteiger charge is 2.33. The first-order valence-electron chi connectivity index (χ1n) is 28.8. The molecule has 3 N–H and O–H groups in total. The van der Waals surface area contributed by atoms with Crippen LogP contribution >= 0.6 is 11.6 Å². The van der Waals surface area contributed by atoms with Gasteiger partial charge in [-0.3, -0.25) is 19.8 Å². The molecule has 6 aliphatic rings. The smallest absolute Gasteiger partial charge is 0.407 e. The molecule has 0 spiro atoms. The van der Waals surface area contributed by atoms with E-state index in [-0.39, 0.29) is 62.3 Å². The maximum Gasteiger partial charge on any atom is 0.407 e. The standard InChI is InChI=1S/C27H33N9O.C24H26ClN7O.C9H17NO2.2CH4/c1-19-14-35(24-5-4-20(13-28)26-23(24)3-2-7-30-26)18-22(37-19)17-33-9-11-34(12-10-33)25-6-8-31-27(32-25)36-15-21(29)16-36;1-17-14-32(21-5-4-18(13-26)23-20(21)3-2-7-27-23)16-19(33-17)15-30-9-11-31(12-10-30)22-6-8-28-24(25)29-22;1-9(2,3)12-8(11)10-7-5-4-6-7;;/h2-8,19,21-22H,9-12,14-18,29H2,1H3;2-8,17,19H,9-12,14-16H2,1H3;7H,4-6H2,1-3H3,(H,10,11);2*1H4/t19-,22+;17-,19+;;;/m11.../s1. The number of morpholine rings is 2. The van der Waals surface area contributed by atoms with Gasteiger partial charge in [-0.1, -0.05) is 14.9 Å². The van der Waals surface area contributed by atoms with Crippen LogP contribution in [0.25, 0.3) is 21.8 Å². The third kappa shape index (κ3) is 15.9. The lowest BCUT2D eigenvalue weighted by molar-refractivity contribution is -0.0329. The van der Waals surface area contributed by atoms with Crippen LogP contribution < -0.4 is 35.6 Å². The van der Waals surface area contributed by atoms with Gasteiger partial charge < -0.3 is 49.8 Å². The molecule has 22 heteroatoms.